The molecule has 2 rings (SSSR count). The molecule has 22 heavy (non-hydrogen) atoms. The first kappa shape index (κ1) is 15.8. The summed E-state index contributed by atoms with van der Waals surface area (Å²) in [6.45, 7) is -0.0980. The molecule has 0 amide bonds. The lowest BCUT2D eigenvalue weighted by molar-refractivity contribution is -0.943. The number of aliphatic carboxylic acids is 1. The Morgan fingerprint density at radius 1 is 1.36 bits per heavy atom. The van der Waals surface area contributed by atoms with Gasteiger partial charge in [0.1, 0.15) is 13.0 Å². The van der Waals surface area contributed by atoms with E-state index in [2.05, 4.69) is 0 Å². The smallest absolute Gasteiger partial charge is 0.296 e. The Hall–Kier alpha value is -2.54. The summed E-state index contributed by atoms with van der Waals surface area (Å²) in [5, 5.41) is 42.6. The number of carbonyl (C=O) groups is 1. The van der Waals surface area contributed by atoms with Gasteiger partial charge in [0.15, 0.2) is 6.54 Å². The summed E-state index contributed by atoms with van der Waals surface area (Å²) in [6.07, 6.45) is 0.430. The van der Waals surface area contributed by atoms with Crippen molar-refractivity contribution in [1.29, 1.82) is 5.26 Å². The molecule has 0 aromatic heterocycles. The number of nitrogens with zero attached hydrogens (tertiary/aromatic N) is 3. The quantitative estimate of drug-likeness (QED) is 0.428. The van der Waals surface area contributed by atoms with Crippen molar-refractivity contribution in [2.24, 2.45) is 0 Å². The van der Waals surface area contributed by atoms with E-state index in [-0.39, 0.29) is 44.5 Å². The molecule has 1 heterocycles. The highest BCUT2D eigenvalue weighted by atomic mass is 16.6. The Morgan fingerprint density at radius 3 is 2.55 bits per heavy atom. The predicted octanol–water partition coefficient (Wildman–Crippen LogP) is -2.70. The summed E-state index contributed by atoms with van der Waals surface area (Å²) in [5.41, 5.74) is -3.26. The Kier molecular flexibility index (Phi) is 3.85. The van der Waals surface area contributed by atoms with E-state index in [4.69, 9.17) is 5.26 Å². The van der Waals surface area contributed by atoms with Crippen LogP contribution in [0.25, 0.3) is 0 Å². The van der Waals surface area contributed by atoms with Crippen LogP contribution in [0.2, 0.25) is 0 Å². The van der Waals surface area contributed by atoms with E-state index in [1.807, 2.05) is 0 Å². The van der Waals surface area contributed by atoms with Crippen LogP contribution in [-0.2, 0) is 4.79 Å². The first-order valence-electron chi connectivity index (χ1n) is 6.67. The van der Waals surface area contributed by atoms with Crippen LogP contribution in [0.4, 0.5) is 0 Å². The van der Waals surface area contributed by atoms with Crippen LogP contribution in [0.1, 0.15) is 19.3 Å². The Morgan fingerprint density at radius 2 is 2.05 bits per heavy atom. The average Bonchev–Trinajstić information content (AvgIpc) is 2.43. The molecule has 2 bridgehead atoms. The van der Waals surface area contributed by atoms with Crippen LogP contribution in [0.15, 0.2) is 11.6 Å². The van der Waals surface area contributed by atoms with Crippen LogP contribution in [-0.4, -0.2) is 46.5 Å². The largest absolute Gasteiger partial charge is 0.550 e. The third kappa shape index (κ3) is 2.62. The Balaban J connectivity index is 2.42. The predicted molar refractivity (Wildman–Crippen MR) is 67.6 cm³/mol. The number of nitro groups is 2. The molecule has 1 N–H and O–H groups in total. The third-order valence-corrected chi connectivity index (χ3v) is 4.31. The molecule has 0 saturated carbocycles. The minimum Gasteiger partial charge on any atom is -0.550 e. The molecular formula is C12H14N4O6. The summed E-state index contributed by atoms with van der Waals surface area (Å²) in [6, 6.07) is 1.80. The van der Waals surface area contributed by atoms with Crippen molar-refractivity contribution in [3.8, 4) is 6.07 Å². The number of piperidine rings is 1. The molecule has 0 aromatic rings. The number of carbonyl (C=O) groups excluding carboxylic acids is 1. The van der Waals surface area contributed by atoms with E-state index in [0.29, 0.717) is 4.90 Å². The highest BCUT2D eigenvalue weighted by Crippen LogP contribution is 2.39. The first-order valence-corrected chi connectivity index (χ1v) is 6.67. The summed E-state index contributed by atoms with van der Waals surface area (Å²) in [7, 11) is 0. The van der Waals surface area contributed by atoms with Gasteiger partial charge in [-0.1, -0.05) is 0 Å². The number of nitrogens with one attached hydrogen (secondary N) is 1. The second kappa shape index (κ2) is 5.34. The zero-order chi connectivity index (χ0) is 16.5. The number of rotatable bonds is 5. The number of hydrogen-bond donors (Lipinski definition) is 1. The van der Waals surface area contributed by atoms with Crippen molar-refractivity contribution in [2.45, 2.75) is 30.3 Å². The van der Waals surface area contributed by atoms with E-state index in [1.54, 1.807) is 6.07 Å². The zero-order valence-corrected chi connectivity index (χ0v) is 11.6. The van der Waals surface area contributed by atoms with Gasteiger partial charge in [-0.3, -0.25) is 20.2 Å². The van der Waals surface area contributed by atoms with Gasteiger partial charge in [-0.15, -0.1) is 0 Å². The molecule has 2 aliphatic rings. The van der Waals surface area contributed by atoms with Crippen molar-refractivity contribution < 1.29 is 24.6 Å². The van der Waals surface area contributed by atoms with Crippen molar-refractivity contribution in [3.63, 3.8) is 0 Å². The number of likely N-dealkylation sites (tertiary alicyclic amines) is 1. The van der Waals surface area contributed by atoms with Crippen molar-refractivity contribution in [1.82, 2.24) is 0 Å². The molecular weight excluding hydrogens is 296 g/mol. The van der Waals surface area contributed by atoms with Crippen LogP contribution < -0.4 is 10.0 Å². The maximum atomic E-state index is 11.5. The summed E-state index contributed by atoms with van der Waals surface area (Å²) < 4.78 is 0. The topological polar surface area (TPSA) is 155 Å². The normalized spacial score (nSPS) is 33.4. The van der Waals surface area contributed by atoms with Crippen LogP contribution in [0, 0.1) is 31.6 Å². The SMILES string of the molecule is N#CC1=C[C@@]2([N+](=O)[O-])C[NH+](CCC(=O)[O-])C[C@@]([N+](=O)[O-])(C1)C2. The minimum absolute atomic E-state index is 0.0171. The Labute approximate surface area is 124 Å². The van der Waals surface area contributed by atoms with Crippen LogP contribution in [0.3, 0.4) is 0 Å². The van der Waals surface area contributed by atoms with Gasteiger partial charge in [0.2, 0.25) is 0 Å². The zero-order valence-electron chi connectivity index (χ0n) is 11.6. The lowest BCUT2D eigenvalue weighted by atomic mass is 9.69. The Bertz CT molecular complexity index is 611. The molecule has 1 fully saturated rings. The van der Waals surface area contributed by atoms with Crippen molar-refractivity contribution >= 4 is 5.97 Å². The van der Waals surface area contributed by atoms with E-state index < -0.39 is 26.9 Å². The molecule has 1 saturated heterocycles. The van der Waals surface area contributed by atoms with Gasteiger partial charge in [0.05, 0.1) is 19.0 Å². The van der Waals surface area contributed by atoms with Crippen molar-refractivity contribution in [3.05, 3.63) is 31.9 Å². The summed E-state index contributed by atoms with van der Waals surface area (Å²) >= 11 is 0. The van der Waals surface area contributed by atoms with Gasteiger partial charge < -0.3 is 14.8 Å². The van der Waals surface area contributed by atoms with Crippen molar-refractivity contribution in [2.75, 3.05) is 19.6 Å². The number of hydrogen-bond acceptors (Lipinski definition) is 7. The first-order chi connectivity index (χ1) is 10.2. The number of carboxylic acids is 1. The van der Waals surface area contributed by atoms with Gasteiger partial charge in [-0.05, 0) is 0 Å². The molecule has 10 heteroatoms. The third-order valence-electron chi connectivity index (χ3n) is 4.31. The molecule has 0 spiro atoms. The standard InChI is InChI=1S/C12H14N4O6/c13-5-9-3-11(15(19)20)6-12(4-9,16(21)22)8-14(7-11)2-1-10(17)18/h3H,1-2,4,6-8H2,(H,17,18)/t11-,12+/m0/s1. The van der Waals surface area contributed by atoms with Gasteiger partial charge >= 0.3 is 0 Å². The molecule has 3 atom stereocenters. The van der Waals surface area contributed by atoms with Gasteiger partial charge in [0.25, 0.3) is 11.1 Å². The highest BCUT2D eigenvalue weighted by Gasteiger charge is 2.66. The molecule has 0 aromatic carbocycles. The summed E-state index contributed by atoms with van der Waals surface area (Å²) in [5.74, 6) is -1.30. The fourth-order valence-electron chi connectivity index (χ4n) is 3.52. The summed E-state index contributed by atoms with van der Waals surface area (Å²) in [4.78, 5) is 32.9. The van der Waals surface area contributed by atoms with Gasteiger partial charge in [0, 0.05) is 33.9 Å². The molecule has 1 aliphatic heterocycles. The van der Waals surface area contributed by atoms with Crippen LogP contribution >= 0.6 is 0 Å². The fraction of sp³-hybridized carbons (Fsp3) is 0.667. The molecule has 10 nitrogen and oxygen atoms in total. The number of quaternary nitrogens is 1. The highest BCUT2D eigenvalue weighted by molar-refractivity contribution is 5.64. The monoisotopic (exact) mass is 310 g/mol. The fourth-order valence-corrected chi connectivity index (χ4v) is 3.52. The second-order valence-corrected chi connectivity index (χ2v) is 5.95. The minimum atomic E-state index is -1.70. The number of nitriles is 1. The van der Waals surface area contributed by atoms with Gasteiger partial charge in [-0.2, -0.15) is 5.26 Å². The molecule has 118 valence electrons. The molecule has 0 radical (unpaired) electrons. The van der Waals surface area contributed by atoms with E-state index in [1.165, 1.54) is 6.08 Å². The lowest BCUT2D eigenvalue weighted by Gasteiger charge is -2.42. The second-order valence-electron chi connectivity index (χ2n) is 5.95. The molecule has 1 unspecified atom stereocenters. The number of fused-ring (bicyclic) bond motifs is 2. The van der Waals surface area contributed by atoms with Crippen LogP contribution in [0.5, 0.6) is 0 Å². The van der Waals surface area contributed by atoms with E-state index in [9.17, 15) is 30.1 Å². The van der Waals surface area contributed by atoms with Gasteiger partial charge in [-0.25, -0.2) is 0 Å². The maximum Gasteiger partial charge on any atom is 0.296 e. The van der Waals surface area contributed by atoms with E-state index >= 15 is 0 Å². The van der Waals surface area contributed by atoms with E-state index in [0.717, 1.165) is 0 Å². The lowest BCUT2D eigenvalue weighted by Crippen LogP contribution is -3.18. The maximum absolute atomic E-state index is 11.5. The average molecular weight is 310 g/mol. The number of carboxylic acid groups (broad SMARTS) is 1. The molecule has 1 aliphatic carbocycles.